The highest BCUT2D eigenvalue weighted by molar-refractivity contribution is 5.78. The van der Waals surface area contributed by atoms with E-state index in [4.69, 9.17) is 9.47 Å². The maximum Gasteiger partial charge on any atom is 0.316 e. The summed E-state index contributed by atoms with van der Waals surface area (Å²) in [6, 6.07) is 37.9. The molecule has 0 saturated carbocycles. The summed E-state index contributed by atoms with van der Waals surface area (Å²) < 4.78 is 10.4. The predicted octanol–water partition coefficient (Wildman–Crippen LogP) is 5.48. The zero-order chi connectivity index (χ0) is 25.4. The minimum absolute atomic E-state index is 0.194. The van der Waals surface area contributed by atoms with Crippen LogP contribution in [0.25, 0.3) is 0 Å². The lowest BCUT2D eigenvalue weighted by molar-refractivity contribution is -0.148. The first-order valence-corrected chi connectivity index (χ1v) is 11.8. The molecule has 0 aromatic heterocycles. The standard InChI is InChI=1S/C16H16O3.C15H14O2/c17-11-15(14-9-5-2-6-10-14)16(18)19-12-13-7-3-1-4-8-13;16-15(11-13-7-3-1-4-8-13)17-12-14-9-5-2-6-10-14/h1-10,15,17H,11-12H2;1-10H,11-12H2. The van der Waals surface area contributed by atoms with Gasteiger partial charge in [-0.05, 0) is 22.3 Å². The molecule has 36 heavy (non-hydrogen) atoms. The number of aliphatic hydroxyl groups is 1. The van der Waals surface area contributed by atoms with Gasteiger partial charge in [-0.2, -0.15) is 0 Å². The van der Waals surface area contributed by atoms with Crippen molar-refractivity contribution in [2.75, 3.05) is 6.61 Å². The fraction of sp³-hybridized carbons (Fsp3) is 0.161. The third-order valence-corrected chi connectivity index (χ3v) is 5.33. The number of rotatable bonds is 9. The smallest absolute Gasteiger partial charge is 0.316 e. The normalized spacial score (nSPS) is 10.9. The van der Waals surface area contributed by atoms with Crippen molar-refractivity contribution in [1.82, 2.24) is 0 Å². The molecule has 0 aliphatic carbocycles. The van der Waals surface area contributed by atoms with Crippen LogP contribution in [0.1, 0.15) is 28.2 Å². The molecule has 5 heteroatoms. The lowest BCUT2D eigenvalue weighted by atomic mass is 10.0. The number of ether oxygens (including phenoxy) is 2. The van der Waals surface area contributed by atoms with Crippen LogP contribution in [0.3, 0.4) is 0 Å². The average molecular weight is 483 g/mol. The molecular weight excluding hydrogens is 452 g/mol. The fourth-order valence-electron chi connectivity index (χ4n) is 3.38. The molecular formula is C31H30O5. The highest BCUT2D eigenvalue weighted by Gasteiger charge is 2.21. The maximum atomic E-state index is 12.0. The second-order valence-electron chi connectivity index (χ2n) is 8.05. The zero-order valence-corrected chi connectivity index (χ0v) is 20.0. The molecule has 4 rings (SSSR count). The van der Waals surface area contributed by atoms with Crippen molar-refractivity contribution in [3.05, 3.63) is 144 Å². The van der Waals surface area contributed by atoms with Crippen LogP contribution >= 0.6 is 0 Å². The molecule has 0 bridgehead atoms. The molecule has 184 valence electrons. The second-order valence-corrected chi connectivity index (χ2v) is 8.05. The van der Waals surface area contributed by atoms with Crippen molar-refractivity contribution in [2.45, 2.75) is 25.6 Å². The number of aliphatic hydroxyl groups excluding tert-OH is 1. The second kappa shape index (κ2) is 14.9. The van der Waals surface area contributed by atoms with E-state index >= 15 is 0 Å². The monoisotopic (exact) mass is 482 g/mol. The number of carbonyl (C=O) groups excluding carboxylic acids is 2. The Labute approximate surface area is 212 Å². The van der Waals surface area contributed by atoms with Crippen molar-refractivity contribution < 1.29 is 24.2 Å². The van der Waals surface area contributed by atoms with Crippen molar-refractivity contribution in [3.63, 3.8) is 0 Å². The van der Waals surface area contributed by atoms with Gasteiger partial charge in [0.1, 0.15) is 19.1 Å². The molecule has 4 aromatic rings. The summed E-state index contributed by atoms with van der Waals surface area (Å²) in [6.07, 6.45) is 0.327. The van der Waals surface area contributed by atoms with Gasteiger partial charge in [0.15, 0.2) is 0 Å². The van der Waals surface area contributed by atoms with E-state index in [0.717, 1.165) is 22.3 Å². The average Bonchev–Trinajstić information content (AvgIpc) is 2.94. The topological polar surface area (TPSA) is 72.8 Å². The van der Waals surface area contributed by atoms with Crippen molar-refractivity contribution in [2.24, 2.45) is 0 Å². The van der Waals surface area contributed by atoms with Crippen LogP contribution in [0.4, 0.5) is 0 Å². The molecule has 0 aliphatic rings. The number of esters is 2. The van der Waals surface area contributed by atoms with Crippen LogP contribution in [0, 0.1) is 0 Å². The first-order chi connectivity index (χ1) is 17.7. The Morgan fingerprint density at radius 3 is 1.47 bits per heavy atom. The quantitative estimate of drug-likeness (QED) is 0.320. The van der Waals surface area contributed by atoms with Gasteiger partial charge in [-0.25, -0.2) is 0 Å². The summed E-state index contributed by atoms with van der Waals surface area (Å²) in [5, 5.41) is 9.35. The molecule has 0 amide bonds. The molecule has 1 atom stereocenters. The Balaban J connectivity index is 0.000000202. The minimum Gasteiger partial charge on any atom is -0.461 e. The third kappa shape index (κ3) is 9.20. The van der Waals surface area contributed by atoms with E-state index in [2.05, 4.69) is 0 Å². The zero-order valence-electron chi connectivity index (χ0n) is 20.0. The van der Waals surface area contributed by atoms with Gasteiger partial charge in [-0.1, -0.05) is 121 Å². The number of hydrogen-bond acceptors (Lipinski definition) is 5. The van der Waals surface area contributed by atoms with Gasteiger partial charge in [-0.15, -0.1) is 0 Å². The summed E-state index contributed by atoms with van der Waals surface area (Å²) in [7, 11) is 0. The van der Waals surface area contributed by atoms with E-state index in [9.17, 15) is 14.7 Å². The molecule has 0 heterocycles. The van der Waals surface area contributed by atoms with Gasteiger partial charge in [0.2, 0.25) is 0 Å². The van der Waals surface area contributed by atoms with Crippen LogP contribution in [0.15, 0.2) is 121 Å². The largest absolute Gasteiger partial charge is 0.461 e. The Hall–Kier alpha value is -4.22. The third-order valence-electron chi connectivity index (χ3n) is 5.33. The molecule has 0 radical (unpaired) electrons. The van der Waals surface area contributed by atoms with Gasteiger partial charge in [0.25, 0.3) is 0 Å². The van der Waals surface area contributed by atoms with E-state index in [1.54, 1.807) is 0 Å². The number of hydrogen-bond donors (Lipinski definition) is 1. The minimum atomic E-state index is -0.620. The maximum absolute atomic E-state index is 12.0. The molecule has 5 nitrogen and oxygen atoms in total. The van der Waals surface area contributed by atoms with Crippen molar-refractivity contribution in [3.8, 4) is 0 Å². The first kappa shape index (κ1) is 26.4. The molecule has 0 saturated heterocycles. The van der Waals surface area contributed by atoms with Crippen LogP contribution in [-0.4, -0.2) is 23.7 Å². The molecule has 0 spiro atoms. The molecule has 1 N–H and O–H groups in total. The van der Waals surface area contributed by atoms with E-state index in [-0.39, 0.29) is 19.2 Å². The van der Waals surface area contributed by atoms with Gasteiger partial charge in [0, 0.05) is 0 Å². The first-order valence-electron chi connectivity index (χ1n) is 11.8. The summed E-state index contributed by atoms with van der Waals surface area (Å²) >= 11 is 0. The number of benzene rings is 4. The molecule has 0 aliphatic heterocycles. The van der Waals surface area contributed by atoms with Gasteiger partial charge in [-0.3, -0.25) is 9.59 Å². The predicted molar refractivity (Wildman–Crippen MR) is 139 cm³/mol. The van der Waals surface area contributed by atoms with Crippen LogP contribution in [0.5, 0.6) is 0 Å². The fourth-order valence-corrected chi connectivity index (χ4v) is 3.38. The summed E-state index contributed by atoms with van der Waals surface area (Å²) in [4.78, 5) is 23.5. The van der Waals surface area contributed by atoms with Gasteiger partial charge >= 0.3 is 11.9 Å². The van der Waals surface area contributed by atoms with E-state index < -0.39 is 11.9 Å². The highest BCUT2D eigenvalue weighted by atomic mass is 16.5. The van der Waals surface area contributed by atoms with Gasteiger partial charge in [0.05, 0.1) is 13.0 Å². The lowest BCUT2D eigenvalue weighted by Gasteiger charge is -2.13. The van der Waals surface area contributed by atoms with Crippen molar-refractivity contribution >= 4 is 11.9 Å². The van der Waals surface area contributed by atoms with Gasteiger partial charge < -0.3 is 14.6 Å². The molecule has 4 aromatic carbocycles. The van der Waals surface area contributed by atoms with Crippen LogP contribution in [0.2, 0.25) is 0 Å². The molecule has 1 unspecified atom stereocenters. The highest BCUT2D eigenvalue weighted by Crippen LogP contribution is 2.17. The Morgan fingerprint density at radius 2 is 1.00 bits per heavy atom. The van der Waals surface area contributed by atoms with Crippen LogP contribution < -0.4 is 0 Å². The van der Waals surface area contributed by atoms with E-state index in [1.165, 1.54) is 0 Å². The Kier molecular flexibility index (Phi) is 10.9. The van der Waals surface area contributed by atoms with E-state index in [0.29, 0.717) is 13.0 Å². The summed E-state index contributed by atoms with van der Waals surface area (Å²) in [5.41, 5.74) is 3.68. The number of carbonyl (C=O) groups is 2. The SMILES string of the molecule is O=C(Cc1ccccc1)OCc1ccccc1.O=C(OCc1ccccc1)C(CO)c1ccccc1. The summed E-state index contributed by atoms with van der Waals surface area (Å²) in [6.45, 7) is 0.313. The lowest BCUT2D eigenvalue weighted by Crippen LogP contribution is -2.19. The summed E-state index contributed by atoms with van der Waals surface area (Å²) in [5.74, 6) is -1.22. The van der Waals surface area contributed by atoms with E-state index in [1.807, 2.05) is 121 Å². The van der Waals surface area contributed by atoms with Crippen molar-refractivity contribution in [1.29, 1.82) is 0 Å². The molecule has 0 fully saturated rings. The Bertz CT molecular complexity index is 1160. The Morgan fingerprint density at radius 1 is 0.583 bits per heavy atom. The van der Waals surface area contributed by atoms with Crippen LogP contribution in [-0.2, 0) is 38.7 Å².